The number of aliphatic imine (C=N–C) groups is 1. The largest absolute Gasteiger partial charge is 0.356 e. The summed E-state index contributed by atoms with van der Waals surface area (Å²) >= 11 is 0. The number of aryl methyl sites for hydroxylation is 2. The fraction of sp³-hybridized carbons (Fsp3) is 0.400. The Hall–Kier alpha value is -1.04. The van der Waals surface area contributed by atoms with Gasteiger partial charge in [0.1, 0.15) is 0 Å². The predicted molar refractivity (Wildman–Crippen MR) is 94.6 cm³/mol. The highest BCUT2D eigenvalue weighted by Crippen LogP contribution is 2.10. The highest BCUT2D eigenvalue weighted by atomic mass is 127. The van der Waals surface area contributed by atoms with E-state index in [4.69, 9.17) is 0 Å². The number of hydrogen-bond donors (Lipinski definition) is 2. The first kappa shape index (κ1) is 18.0. The number of benzene rings is 1. The maximum atomic E-state index is 4.14. The minimum absolute atomic E-state index is 0. The zero-order chi connectivity index (χ0) is 13.4. The molecule has 1 aromatic rings. The number of nitrogens with one attached hydrogen (secondary N) is 2. The summed E-state index contributed by atoms with van der Waals surface area (Å²) < 4.78 is 0. The van der Waals surface area contributed by atoms with Gasteiger partial charge >= 0.3 is 0 Å². The van der Waals surface area contributed by atoms with Crippen LogP contribution in [0.25, 0.3) is 0 Å². The number of rotatable bonds is 5. The van der Waals surface area contributed by atoms with Crippen LogP contribution >= 0.6 is 24.0 Å². The molecule has 1 rings (SSSR count). The van der Waals surface area contributed by atoms with Gasteiger partial charge in [-0.15, -0.1) is 30.6 Å². The van der Waals surface area contributed by atoms with Gasteiger partial charge in [-0.05, 0) is 31.4 Å². The fourth-order valence-electron chi connectivity index (χ4n) is 1.83. The molecule has 0 aliphatic carbocycles. The van der Waals surface area contributed by atoms with E-state index in [0.717, 1.165) is 25.5 Å². The van der Waals surface area contributed by atoms with Crippen LogP contribution in [-0.4, -0.2) is 26.1 Å². The molecule has 0 radical (unpaired) electrons. The van der Waals surface area contributed by atoms with Crippen LogP contribution in [0.4, 0.5) is 0 Å². The average molecular weight is 373 g/mol. The summed E-state index contributed by atoms with van der Waals surface area (Å²) in [7, 11) is 1.77. The maximum absolute atomic E-state index is 4.14. The molecule has 0 atom stereocenters. The number of hydrogen-bond acceptors (Lipinski definition) is 1. The lowest BCUT2D eigenvalue weighted by Crippen LogP contribution is -2.38. The van der Waals surface area contributed by atoms with Crippen LogP contribution in [0.15, 0.2) is 35.8 Å². The maximum Gasteiger partial charge on any atom is 0.191 e. The second-order valence-electron chi connectivity index (χ2n) is 4.35. The average Bonchev–Trinajstić information content (AvgIpc) is 2.36. The number of guanidine groups is 1. The van der Waals surface area contributed by atoms with Crippen molar-refractivity contribution in [2.45, 2.75) is 20.3 Å². The molecule has 0 aliphatic rings. The second-order valence-corrected chi connectivity index (χ2v) is 4.35. The van der Waals surface area contributed by atoms with Crippen LogP contribution in [0, 0.1) is 13.8 Å². The van der Waals surface area contributed by atoms with Crippen LogP contribution in [0.1, 0.15) is 16.7 Å². The summed E-state index contributed by atoms with van der Waals surface area (Å²) in [4.78, 5) is 4.14. The SMILES string of the molecule is C=CCNC(=NC)NCCc1ccc(C)cc1C.I. The van der Waals surface area contributed by atoms with Crippen molar-refractivity contribution in [2.75, 3.05) is 20.1 Å². The van der Waals surface area contributed by atoms with Crippen molar-refractivity contribution >= 4 is 29.9 Å². The fourth-order valence-corrected chi connectivity index (χ4v) is 1.83. The molecule has 0 fully saturated rings. The quantitative estimate of drug-likeness (QED) is 0.361. The minimum Gasteiger partial charge on any atom is -0.356 e. The van der Waals surface area contributed by atoms with Crippen LogP contribution < -0.4 is 10.6 Å². The standard InChI is InChI=1S/C15H23N3.HI/c1-5-9-17-15(16-4)18-10-8-14-7-6-12(2)11-13(14)3;/h5-7,11H,1,8-10H2,2-4H3,(H2,16,17,18);1H. The van der Waals surface area contributed by atoms with Gasteiger partial charge in [0, 0.05) is 20.1 Å². The molecule has 0 heterocycles. The van der Waals surface area contributed by atoms with E-state index >= 15 is 0 Å². The van der Waals surface area contributed by atoms with Gasteiger partial charge in [-0.2, -0.15) is 0 Å². The van der Waals surface area contributed by atoms with Crippen LogP contribution in [0.3, 0.4) is 0 Å². The molecule has 0 amide bonds. The Morgan fingerprint density at radius 1 is 1.32 bits per heavy atom. The lowest BCUT2D eigenvalue weighted by molar-refractivity contribution is 0.818. The molecule has 106 valence electrons. The number of halogens is 1. The highest BCUT2D eigenvalue weighted by Gasteiger charge is 1.99. The van der Waals surface area contributed by atoms with Gasteiger partial charge in [0.05, 0.1) is 0 Å². The summed E-state index contributed by atoms with van der Waals surface area (Å²) in [6, 6.07) is 6.58. The van der Waals surface area contributed by atoms with E-state index in [1.807, 2.05) is 6.08 Å². The molecule has 1 aromatic carbocycles. The van der Waals surface area contributed by atoms with Gasteiger partial charge < -0.3 is 10.6 Å². The molecule has 0 unspecified atom stereocenters. The molecule has 2 N–H and O–H groups in total. The minimum atomic E-state index is 0. The molecular weight excluding hydrogens is 349 g/mol. The summed E-state index contributed by atoms with van der Waals surface area (Å²) in [6.07, 6.45) is 2.82. The van der Waals surface area contributed by atoms with Gasteiger partial charge in [0.25, 0.3) is 0 Å². The topological polar surface area (TPSA) is 36.4 Å². The monoisotopic (exact) mass is 373 g/mol. The van der Waals surface area contributed by atoms with Gasteiger partial charge in [0.15, 0.2) is 5.96 Å². The van der Waals surface area contributed by atoms with Gasteiger partial charge in [0.2, 0.25) is 0 Å². The zero-order valence-electron chi connectivity index (χ0n) is 12.0. The molecular formula is C15H24IN3. The first-order chi connectivity index (χ1) is 8.67. The predicted octanol–water partition coefficient (Wildman–Crippen LogP) is 2.81. The van der Waals surface area contributed by atoms with E-state index < -0.39 is 0 Å². The van der Waals surface area contributed by atoms with E-state index in [0.29, 0.717) is 0 Å². The molecule has 19 heavy (non-hydrogen) atoms. The summed E-state index contributed by atoms with van der Waals surface area (Å²) in [5.74, 6) is 0.819. The van der Waals surface area contributed by atoms with E-state index in [1.54, 1.807) is 7.05 Å². The van der Waals surface area contributed by atoms with Gasteiger partial charge in [-0.1, -0.05) is 29.8 Å². The van der Waals surface area contributed by atoms with Crippen molar-refractivity contribution in [3.05, 3.63) is 47.5 Å². The van der Waals surface area contributed by atoms with E-state index in [-0.39, 0.29) is 24.0 Å². The van der Waals surface area contributed by atoms with Crippen molar-refractivity contribution < 1.29 is 0 Å². The van der Waals surface area contributed by atoms with Crippen LogP contribution in [-0.2, 0) is 6.42 Å². The Morgan fingerprint density at radius 3 is 2.63 bits per heavy atom. The summed E-state index contributed by atoms with van der Waals surface area (Å²) in [6.45, 7) is 9.55. The van der Waals surface area contributed by atoms with Crippen molar-refractivity contribution in [1.29, 1.82) is 0 Å². The third-order valence-corrected chi connectivity index (χ3v) is 2.82. The molecule has 0 bridgehead atoms. The third kappa shape index (κ3) is 6.61. The molecule has 4 heteroatoms. The van der Waals surface area contributed by atoms with Crippen molar-refractivity contribution in [3.63, 3.8) is 0 Å². The van der Waals surface area contributed by atoms with Gasteiger partial charge in [-0.3, -0.25) is 4.99 Å². The number of nitrogens with zero attached hydrogens (tertiary/aromatic N) is 1. The first-order valence-corrected chi connectivity index (χ1v) is 6.29. The Morgan fingerprint density at radius 2 is 2.05 bits per heavy atom. The zero-order valence-corrected chi connectivity index (χ0v) is 14.3. The van der Waals surface area contributed by atoms with Crippen molar-refractivity contribution in [1.82, 2.24) is 10.6 Å². The summed E-state index contributed by atoms with van der Waals surface area (Å²) in [5, 5.41) is 6.44. The Balaban J connectivity index is 0.00000324. The molecule has 0 saturated carbocycles. The molecule has 0 saturated heterocycles. The lowest BCUT2D eigenvalue weighted by atomic mass is 10.0. The second kappa shape index (κ2) is 9.83. The molecule has 0 aromatic heterocycles. The third-order valence-electron chi connectivity index (χ3n) is 2.82. The van der Waals surface area contributed by atoms with E-state index in [9.17, 15) is 0 Å². The van der Waals surface area contributed by atoms with Gasteiger partial charge in [-0.25, -0.2) is 0 Å². The Bertz CT molecular complexity index is 427. The Labute approximate surface area is 133 Å². The highest BCUT2D eigenvalue weighted by molar-refractivity contribution is 14.0. The lowest BCUT2D eigenvalue weighted by Gasteiger charge is -2.11. The van der Waals surface area contributed by atoms with Crippen LogP contribution in [0.5, 0.6) is 0 Å². The molecule has 0 spiro atoms. The van der Waals surface area contributed by atoms with Crippen molar-refractivity contribution in [3.8, 4) is 0 Å². The molecule has 0 aliphatic heterocycles. The smallest absolute Gasteiger partial charge is 0.191 e. The Kier molecular flexibility index (Phi) is 9.30. The van der Waals surface area contributed by atoms with E-state index in [1.165, 1.54) is 16.7 Å². The molecule has 3 nitrogen and oxygen atoms in total. The van der Waals surface area contributed by atoms with Crippen LogP contribution in [0.2, 0.25) is 0 Å². The first-order valence-electron chi connectivity index (χ1n) is 6.29. The normalized spacial score (nSPS) is 10.6. The van der Waals surface area contributed by atoms with Crippen molar-refractivity contribution in [2.24, 2.45) is 4.99 Å². The summed E-state index contributed by atoms with van der Waals surface area (Å²) in [5.41, 5.74) is 4.05. The van der Waals surface area contributed by atoms with E-state index in [2.05, 4.69) is 54.3 Å².